The second-order valence-corrected chi connectivity index (χ2v) is 7.34. The van der Waals surface area contributed by atoms with Crippen molar-refractivity contribution in [1.82, 2.24) is 9.80 Å². The largest absolute Gasteiger partial charge is 0.333 e. The van der Waals surface area contributed by atoms with Gasteiger partial charge in [0.15, 0.2) is 0 Å². The van der Waals surface area contributed by atoms with E-state index in [2.05, 4.69) is 4.90 Å². The molecule has 2 saturated heterocycles. The van der Waals surface area contributed by atoms with Crippen molar-refractivity contribution < 1.29 is 13.6 Å². The molecule has 0 bridgehead atoms. The smallest absolute Gasteiger partial charge is 0.260 e. The molecule has 2 fully saturated rings. The topological polar surface area (TPSA) is 23.6 Å². The molecule has 1 amide bonds. The van der Waals surface area contributed by atoms with E-state index in [0.29, 0.717) is 6.54 Å². The number of benzene rings is 1. The van der Waals surface area contributed by atoms with Gasteiger partial charge in [-0.3, -0.25) is 4.79 Å². The number of thioether (sulfide) groups is 1. The van der Waals surface area contributed by atoms with Gasteiger partial charge in [0, 0.05) is 18.8 Å². The first-order chi connectivity index (χ1) is 11.2. The number of hydrogen-bond donors (Lipinski definition) is 0. The molecule has 1 atom stereocenters. The van der Waals surface area contributed by atoms with E-state index in [9.17, 15) is 13.6 Å². The molecule has 0 spiro atoms. The monoisotopic (exact) mass is 340 g/mol. The summed E-state index contributed by atoms with van der Waals surface area (Å²) in [6.45, 7) is 3.47. The lowest BCUT2D eigenvalue weighted by Gasteiger charge is -2.33. The van der Waals surface area contributed by atoms with Crippen LogP contribution >= 0.6 is 11.8 Å². The second kappa shape index (κ2) is 7.62. The third-order valence-corrected chi connectivity index (χ3v) is 5.74. The Kier molecular flexibility index (Phi) is 5.54. The number of carbonyl (C=O) groups excluding carboxylic acids is 1. The van der Waals surface area contributed by atoms with Crippen molar-refractivity contribution >= 4 is 17.7 Å². The van der Waals surface area contributed by atoms with Crippen LogP contribution in [0.5, 0.6) is 0 Å². The summed E-state index contributed by atoms with van der Waals surface area (Å²) in [5.41, 5.74) is -0.411. The van der Waals surface area contributed by atoms with Crippen LogP contribution in [0.15, 0.2) is 18.2 Å². The van der Waals surface area contributed by atoms with Crippen LogP contribution in [0.25, 0.3) is 0 Å². The minimum absolute atomic E-state index is 0.0205. The van der Waals surface area contributed by atoms with Crippen LogP contribution in [0.3, 0.4) is 0 Å². The number of nitrogens with zero attached hydrogens (tertiary/aromatic N) is 2. The van der Waals surface area contributed by atoms with Crippen molar-refractivity contribution in [2.24, 2.45) is 0 Å². The molecular formula is C17H22F2N2OS. The number of rotatable bonds is 3. The maximum atomic E-state index is 14.0. The molecule has 0 radical (unpaired) electrons. The average Bonchev–Trinajstić information content (AvgIpc) is 2.92. The Morgan fingerprint density at radius 2 is 1.83 bits per heavy atom. The Hall–Kier alpha value is -1.14. The highest BCUT2D eigenvalue weighted by Gasteiger charge is 2.31. The molecule has 0 N–H and O–H groups in total. The normalized spacial score (nSPS) is 23.0. The first-order valence-electron chi connectivity index (χ1n) is 8.22. The lowest BCUT2D eigenvalue weighted by Crippen LogP contribution is -2.48. The summed E-state index contributed by atoms with van der Waals surface area (Å²) in [6, 6.07) is 3.62. The molecule has 3 nitrogen and oxygen atoms in total. The average molecular weight is 340 g/mol. The summed E-state index contributed by atoms with van der Waals surface area (Å²) in [5, 5.41) is 0. The zero-order valence-corrected chi connectivity index (χ0v) is 14.0. The second-order valence-electron chi connectivity index (χ2n) is 6.19. The molecule has 6 heteroatoms. The Morgan fingerprint density at radius 1 is 1.13 bits per heavy atom. The van der Waals surface area contributed by atoms with Gasteiger partial charge in [-0.15, -0.1) is 0 Å². The lowest BCUT2D eigenvalue weighted by atomic mass is 10.1. The van der Waals surface area contributed by atoms with Crippen LogP contribution in [-0.2, 0) is 0 Å². The van der Waals surface area contributed by atoms with Crippen molar-refractivity contribution in [3.05, 3.63) is 35.4 Å². The van der Waals surface area contributed by atoms with Crippen LogP contribution in [0.4, 0.5) is 8.78 Å². The number of likely N-dealkylation sites (tertiary alicyclic amines) is 1. The van der Waals surface area contributed by atoms with E-state index in [-0.39, 0.29) is 6.04 Å². The Balaban J connectivity index is 1.82. The van der Waals surface area contributed by atoms with Crippen LogP contribution in [0, 0.1) is 11.6 Å². The standard InChI is InChI=1S/C17H22F2N2OS/c18-14-5-3-6-15(19)16(14)17(22)21-9-4-10-23-12-13(21)11-20-7-1-2-8-20/h3,5-6,13H,1-2,4,7-12H2. The van der Waals surface area contributed by atoms with E-state index >= 15 is 0 Å². The summed E-state index contributed by atoms with van der Waals surface area (Å²) in [6.07, 6.45) is 3.24. The van der Waals surface area contributed by atoms with Crippen molar-refractivity contribution in [2.75, 3.05) is 37.7 Å². The Morgan fingerprint density at radius 3 is 2.52 bits per heavy atom. The van der Waals surface area contributed by atoms with Gasteiger partial charge in [-0.1, -0.05) is 6.07 Å². The SMILES string of the molecule is O=C(c1c(F)cccc1F)N1CCCSCC1CN1CCCC1. The molecular weight excluding hydrogens is 318 g/mol. The molecule has 2 heterocycles. The van der Waals surface area contributed by atoms with Crippen molar-refractivity contribution in [3.8, 4) is 0 Å². The highest BCUT2D eigenvalue weighted by molar-refractivity contribution is 7.99. The van der Waals surface area contributed by atoms with Crippen LogP contribution in [0.1, 0.15) is 29.6 Å². The maximum absolute atomic E-state index is 14.0. The quantitative estimate of drug-likeness (QED) is 0.845. The van der Waals surface area contributed by atoms with Gasteiger partial charge in [-0.2, -0.15) is 11.8 Å². The molecule has 0 aliphatic carbocycles. The zero-order valence-electron chi connectivity index (χ0n) is 13.1. The van der Waals surface area contributed by atoms with E-state index < -0.39 is 23.1 Å². The van der Waals surface area contributed by atoms with Crippen molar-refractivity contribution in [2.45, 2.75) is 25.3 Å². The molecule has 23 heavy (non-hydrogen) atoms. The van der Waals surface area contributed by atoms with Gasteiger partial charge in [-0.05, 0) is 50.2 Å². The highest BCUT2D eigenvalue weighted by atomic mass is 32.2. The zero-order chi connectivity index (χ0) is 16.2. The van der Waals surface area contributed by atoms with Gasteiger partial charge in [0.2, 0.25) is 0 Å². The van der Waals surface area contributed by atoms with Crippen molar-refractivity contribution in [1.29, 1.82) is 0 Å². The van der Waals surface area contributed by atoms with Crippen molar-refractivity contribution in [3.63, 3.8) is 0 Å². The Labute approximate surface area is 140 Å². The first kappa shape index (κ1) is 16.7. The first-order valence-corrected chi connectivity index (χ1v) is 9.37. The van der Waals surface area contributed by atoms with Gasteiger partial charge < -0.3 is 9.80 Å². The molecule has 1 aromatic rings. The summed E-state index contributed by atoms with van der Waals surface area (Å²) in [7, 11) is 0. The van der Waals surface area contributed by atoms with Gasteiger partial charge >= 0.3 is 0 Å². The Bertz CT molecular complexity index is 543. The molecule has 2 aliphatic heterocycles. The van der Waals surface area contributed by atoms with Crippen LogP contribution in [0.2, 0.25) is 0 Å². The van der Waals surface area contributed by atoms with E-state index in [0.717, 1.165) is 49.7 Å². The van der Waals surface area contributed by atoms with Gasteiger partial charge in [0.25, 0.3) is 5.91 Å². The minimum Gasteiger partial charge on any atom is -0.333 e. The molecule has 1 aromatic carbocycles. The molecule has 0 saturated carbocycles. The molecule has 3 rings (SSSR count). The van der Waals surface area contributed by atoms with Crippen LogP contribution < -0.4 is 0 Å². The highest BCUT2D eigenvalue weighted by Crippen LogP contribution is 2.23. The van der Waals surface area contributed by atoms with E-state index in [1.807, 2.05) is 11.8 Å². The van der Waals surface area contributed by atoms with Gasteiger partial charge in [-0.25, -0.2) is 8.78 Å². The number of halogens is 2. The van der Waals surface area contributed by atoms with E-state index in [1.54, 1.807) is 4.90 Å². The van der Waals surface area contributed by atoms with Gasteiger partial charge in [0.05, 0.1) is 6.04 Å². The predicted octanol–water partition coefficient (Wildman–Crippen LogP) is 3.01. The molecule has 0 aromatic heterocycles. The number of amides is 1. The summed E-state index contributed by atoms with van der Waals surface area (Å²) < 4.78 is 28.0. The maximum Gasteiger partial charge on any atom is 0.260 e. The lowest BCUT2D eigenvalue weighted by molar-refractivity contribution is 0.0657. The third kappa shape index (κ3) is 3.86. The fourth-order valence-corrected chi connectivity index (χ4v) is 4.41. The third-order valence-electron chi connectivity index (χ3n) is 4.54. The predicted molar refractivity (Wildman–Crippen MR) is 88.8 cm³/mol. The summed E-state index contributed by atoms with van der Waals surface area (Å²) in [4.78, 5) is 16.8. The molecule has 1 unspecified atom stereocenters. The van der Waals surface area contributed by atoms with Gasteiger partial charge in [0.1, 0.15) is 17.2 Å². The summed E-state index contributed by atoms with van der Waals surface area (Å²) in [5.74, 6) is -0.232. The summed E-state index contributed by atoms with van der Waals surface area (Å²) >= 11 is 1.82. The fourth-order valence-electron chi connectivity index (χ4n) is 3.36. The number of hydrogen-bond acceptors (Lipinski definition) is 3. The van der Waals surface area contributed by atoms with E-state index in [1.165, 1.54) is 18.9 Å². The van der Waals surface area contributed by atoms with E-state index in [4.69, 9.17) is 0 Å². The minimum atomic E-state index is -0.771. The fraction of sp³-hybridized carbons (Fsp3) is 0.588. The number of carbonyl (C=O) groups is 1. The molecule has 2 aliphatic rings. The van der Waals surface area contributed by atoms with Crippen LogP contribution in [-0.4, -0.2) is 59.4 Å². The molecule has 126 valence electrons.